The van der Waals surface area contributed by atoms with E-state index in [0.717, 1.165) is 6.07 Å². The lowest BCUT2D eigenvalue weighted by atomic mass is 10.1. The normalized spacial score (nSPS) is 10.5. The monoisotopic (exact) mass is 208 g/mol. The molecule has 0 radical (unpaired) electrons. The predicted molar refractivity (Wildman–Crippen MR) is 52.8 cm³/mol. The van der Waals surface area contributed by atoms with Gasteiger partial charge in [0.25, 0.3) is 0 Å². The number of carbonyl (C=O) groups excluding carboxylic acids is 1. The van der Waals surface area contributed by atoms with Crippen molar-refractivity contribution in [2.75, 3.05) is 0 Å². The van der Waals surface area contributed by atoms with E-state index in [0.29, 0.717) is 11.8 Å². The summed E-state index contributed by atoms with van der Waals surface area (Å²) in [5, 5.41) is 8.49. The highest BCUT2D eigenvalue weighted by atomic mass is 19.1. The molecule has 1 N–H and O–H groups in total. The topological polar surface area (TPSA) is 54.4 Å². The molecule has 15 heavy (non-hydrogen) atoms. The quantitative estimate of drug-likeness (QED) is 0.604. The van der Waals surface area contributed by atoms with Crippen LogP contribution in [0.5, 0.6) is 0 Å². The van der Waals surface area contributed by atoms with E-state index in [1.165, 1.54) is 24.3 Å². The minimum absolute atomic E-state index is 0.214. The van der Waals surface area contributed by atoms with Crippen LogP contribution in [0, 0.1) is 5.82 Å². The van der Waals surface area contributed by atoms with Crippen LogP contribution in [0.15, 0.2) is 24.3 Å². The van der Waals surface area contributed by atoms with E-state index in [4.69, 9.17) is 5.11 Å². The zero-order chi connectivity index (χ0) is 11.3. The number of halogens is 1. The number of hydrogen-bond acceptors (Lipinski definition) is 2. The molecular formula is C11H9FO3. The summed E-state index contributed by atoms with van der Waals surface area (Å²) in [6.07, 6.45) is 2.83. The van der Waals surface area contributed by atoms with Crippen LogP contribution in [0.4, 0.5) is 4.39 Å². The van der Waals surface area contributed by atoms with Crippen molar-refractivity contribution >= 4 is 18.3 Å². The van der Waals surface area contributed by atoms with Crippen molar-refractivity contribution in [1.82, 2.24) is 0 Å². The Kier molecular flexibility index (Phi) is 3.74. The molecule has 0 saturated carbocycles. The standard InChI is InChI=1S/C11H9FO3/c12-10-6-8(7-11(14)15)3-4-9(10)2-1-5-13/h1-6H,7H2,(H,14,15). The fraction of sp³-hybridized carbons (Fsp3) is 0.0909. The van der Waals surface area contributed by atoms with Gasteiger partial charge in [-0.15, -0.1) is 0 Å². The fourth-order valence-corrected chi connectivity index (χ4v) is 1.13. The summed E-state index contributed by atoms with van der Waals surface area (Å²) in [5.74, 6) is -1.54. The number of carbonyl (C=O) groups is 2. The van der Waals surface area contributed by atoms with Crippen molar-refractivity contribution in [1.29, 1.82) is 0 Å². The molecule has 0 aromatic heterocycles. The molecule has 0 atom stereocenters. The third kappa shape index (κ3) is 3.34. The summed E-state index contributed by atoms with van der Waals surface area (Å²) in [6, 6.07) is 4.11. The SMILES string of the molecule is O=CC=Cc1ccc(CC(=O)O)cc1F. The van der Waals surface area contributed by atoms with Gasteiger partial charge in [0, 0.05) is 5.56 Å². The molecular weight excluding hydrogens is 199 g/mol. The van der Waals surface area contributed by atoms with E-state index in [9.17, 15) is 14.0 Å². The Labute approximate surface area is 85.8 Å². The molecule has 0 aliphatic rings. The van der Waals surface area contributed by atoms with Crippen molar-refractivity contribution in [2.24, 2.45) is 0 Å². The van der Waals surface area contributed by atoms with Crippen LogP contribution in [0.25, 0.3) is 6.08 Å². The van der Waals surface area contributed by atoms with Crippen molar-refractivity contribution < 1.29 is 19.1 Å². The van der Waals surface area contributed by atoms with Gasteiger partial charge in [-0.3, -0.25) is 9.59 Å². The number of allylic oxidation sites excluding steroid dienone is 1. The molecule has 0 aliphatic carbocycles. The summed E-state index contributed by atoms with van der Waals surface area (Å²) in [7, 11) is 0. The Hall–Kier alpha value is -1.97. The lowest BCUT2D eigenvalue weighted by molar-refractivity contribution is -0.136. The van der Waals surface area contributed by atoms with Crippen molar-refractivity contribution in [3.05, 3.63) is 41.2 Å². The first-order valence-electron chi connectivity index (χ1n) is 4.25. The number of rotatable bonds is 4. The molecule has 1 aromatic rings. The molecule has 1 aromatic carbocycles. The predicted octanol–water partition coefficient (Wildman–Crippen LogP) is 1.66. The molecule has 0 aliphatic heterocycles. The maximum atomic E-state index is 13.3. The summed E-state index contributed by atoms with van der Waals surface area (Å²) in [6.45, 7) is 0. The molecule has 78 valence electrons. The van der Waals surface area contributed by atoms with Crippen LogP contribution in [0.1, 0.15) is 11.1 Å². The second-order valence-electron chi connectivity index (χ2n) is 2.92. The maximum Gasteiger partial charge on any atom is 0.307 e. The summed E-state index contributed by atoms with van der Waals surface area (Å²) in [5.41, 5.74) is 0.652. The first kappa shape index (κ1) is 11.1. The minimum Gasteiger partial charge on any atom is -0.481 e. The van der Waals surface area contributed by atoms with Gasteiger partial charge in [-0.25, -0.2) is 4.39 Å². The Morgan fingerprint density at radius 3 is 2.73 bits per heavy atom. The molecule has 1 rings (SSSR count). The molecule has 0 spiro atoms. The van der Waals surface area contributed by atoms with Gasteiger partial charge in [0.2, 0.25) is 0 Å². The molecule has 0 bridgehead atoms. The van der Waals surface area contributed by atoms with Crippen molar-refractivity contribution in [3.8, 4) is 0 Å². The van der Waals surface area contributed by atoms with Gasteiger partial charge in [-0.2, -0.15) is 0 Å². The zero-order valence-electron chi connectivity index (χ0n) is 7.81. The third-order valence-electron chi connectivity index (χ3n) is 1.77. The highest BCUT2D eigenvalue weighted by Crippen LogP contribution is 2.12. The van der Waals surface area contributed by atoms with Crippen LogP contribution in [-0.4, -0.2) is 17.4 Å². The number of carboxylic acids is 1. The highest BCUT2D eigenvalue weighted by molar-refractivity contribution is 5.74. The van der Waals surface area contributed by atoms with E-state index in [1.54, 1.807) is 0 Å². The van der Waals surface area contributed by atoms with Gasteiger partial charge in [0.15, 0.2) is 0 Å². The maximum absolute atomic E-state index is 13.3. The van der Waals surface area contributed by atoms with E-state index in [1.807, 2.05) is 0 Å². The average Bonchev–Trinajstić information content (AvgIpc) is 2.15. The minimum atomic E-state index is -1.01. The second kappa shape index (κ2) is 5.05. The highest BCUT2D eigenvalue weighted by Gasteiger charge is 2.04. The largest absolute Gasteiger partial charge is 0.481 e. The van der Waals surface area contributed by atoms with Crippen LogP contribution in [0.3, 0.4) is 0 Å². The van der Waals surface area contributed by atoms with Crippen molar-refractivity contribution in [3.63, 3.8) is 0 Å². The molecule has 0 fully saturated rings. The Morgan fingerprint density at radius 2 is 2.20 bits per heavy atom. The summed E-state index contributed by atoms with van der Waals surface area (Å²) < 4.78 is 13.3. The molecule has 4 heteroatoms. The molecule has 0 amide bonds. The average molecular weight is 208 g/mol. The van der Waals surface area contributed by atoms with Crippen LogP contribution in [-0.2, 0) is 16.0 Å². The first-order valence-corrected chi connectivity index (χ1v) is 4.25. The van der Waals surface area contributed by atoms with Crippen LogP contribution < -0.4 is 0 Å². The summed E-state index contributed by atoms with van der Waals surface area (Å²) >= 11 is 0. The fourth-order valence-electron chi connectivity index (χ4n) is 1.13. The number of benzene rings is 1. The summed E-state index contributed by atoms with van der Waals surface area (Å²) in [4.78, 5) is 20.4. The van der Waals surface area contributed by atoms with Crippen LogP contribution in [0.2, 0.25) is 0 Å². The van der Waals surface area contributed by atoms with E-state index in [-0.39, 0.29) is 12.0 Å². The van der Waals surface area contributed by atoms with E-state index < -0.39 is 11.8 Å². The molecule has 0 heterocycles. The van der Waals surface area contributed by atoms with Gasteiger partial charge in [-0.05, 0) is 23.8 Å². The van der Waals surface area contributed by atoms with E-state index >= 15 is 0 Å². The number of aliphatic carboxylic acids is 1. The van der Waals surface area contributed by atoms with Gasteiger partial charge in [0.1, 0.15) is 12.1 Å². The molecule has 3 nitrogen and oxygen atoms in total. The molecule has 0 saturated heterocycles. The lowest BCUT2D eigenvalue weighted by Gasteiger charge is -2.00. The van der Waals surface area contributed by atoms with E-state index in [2.05, 4.69) is 0 Å². The van der Waals surface area contributed by atoms with Gasteiger partial charge in [0.05, 0.1) is 6.42 Å². The second-order valence-corrected chi connectivity index (χ2v) is 2.92. The van der Waals surface area contributed by atoms with Gasteiger partial charge >= 0.3 is 5.97 Å². The molecule has 0 unspecified atom stereocenters. The third-order valence-corrected chi connectivity index (χ3v) is 1.77. The lowest BCUT2D eigenvalue weighted by Crippen LogP contribution is -2.00. The Balaban J connectivity index is 2.92. The Morgan fingerprint density at radius 1 is 1.47 bits per heavy atom. The number of aldehydes is 1. The zero-order valence-corrected chi connectivity index (χ0v) is 7.81. The van der Waals surface area contributed by atoms with Crippen LogP contribution >= 0.6 is 0 Å². The first-order chi connectivity index (χ1) is 7.13. The Bertz CT molecular complexity index is 410. The number of hydrogen-bond donors (Lipinski definition) is 1. The van der Waals surface area contributed by atoms with Gasteiger partial charge < -0.3 is 5.11 Å². The number of carboxylic acid groups (broad SMARTS) is 1. The smallest absolute Gasteiger partial charge is 0.307 e. The van der Waals surface area contributed by atoms with Gasteiger partial charge in [-0.1, -0.05) is 12.1 Å². The van der Waals surface area contributed by atoms with Crippen molar-refractivity contribution in [2.45, 2.75) is 6.42 Å².